The fourth-order valence-corrected chi connectivity index (χ4v) is 10.0. The van der Waals surface area contributed by atoms with Gasteiger partial charge in [0.2, 0.25) is 6.20 Å². The summed E-state index contributed by atoms with van der Waals surface area (Å²) in [5, 5.41) is 49.3. The molecule has 0 unspecified atom stereocenters. The van der Waals surface area contributed by atoms with E-state index in [1.54, 1.807) is 19.3 Å². The Morgan fingerprint density at radius 3 is 2.59 bits per heavy atom. The highest BCUT2D eigenvalue weighted by Crippen LogP contribution is 2.70. The van der Waals surface area contributed by atoms with E-state index in [1.165, 1.54) is 7.11 Å². The third kappa shape index (κ3) is 4.17. The normalized spacial score (nSPS) is 51.6. The van der Waals surface area contributed by atoms with Gasteiger partial charge in [-0.15, -0.1) is 0 Å². The highest BCUT2D eigenvalue weighted by Gasteiger charge is 2.67. The van der Waals surface area contributed by atoms with Crippen LogP contribution in [0.25, 0.3) is 0 Å². The molecule has 0 spiro atoms. The Balaban J connectivity index is 1.17. The number of aliphatic hydroxyl groups excluding tert-OH is 2. The van der Waals surface area contributed by atoms with Crippen molar-refractivity contribution in [2.75, 3.05) is 7.11 Å². The molecule has 3 N–H and O–H groups in total. The monoisotopic (exact) mass is 546 g/mol. The maximum atomic E-state index is 12.5. The molecule has 1 saturated heterocycles. The minimum absolute atomic E-state index is 0.0162. The zero-order valence-electron chi connectivity index (χ0n) is 23.7. The molecule has 6 rings (SSSR count). The first-order chi connectivity index (χ1) is 18.5. The van der Waals surface area contributed by atoms with E-state index in [0.29, 0.717) is 16.7 Å². The van der Waals surface area contributed by atoms with E-state index in [9.17, 15) is 20.5 Å². The molecule has 2 heterocycles. The van der Waals surface area contributed by atoms with Gasteiger partial charge in [0.25, 0.3) is 0 Å². The molecule has 1 aromatic rings. The van der Waals surface area contributed by atoms with Gasteiger partial charge in [0.15, 0.2) is 6.29 Å². The number of fused-ring (bicyclic) bond motifs is 5. The molecule has 9 nitrogen and oxygen atoms in total. The average Bonchev–Trinajstić information content (AvgIpc) is 3.19. The highest BCUT2D eigenvalue weighted by atomic mass is 16.7. The van der Waals surface area contributed by atoms with Crippen LogP contribution in [0.5, 0.6) is 0 Å². The lowest BCUT2D eigenvalue weighted by Crippen LogP contribution is -2.62. The Morgan fingerprint density at radius 2 is 1.85 bits per heavy atom. The van der Waals surface area contributed by atoms with Gasteiger partial charge in [-0.05, 0) is 99.9 Å². The smallest absolute Gasteiger partial charge is 0.213 e. The number of methoxy groups -OCH3 is 1. The van der Waals surface area contributed by atoms with Crippen LogP contribution in [0.1, 0.15) is 90.0 Å². The third-order valence-corrected chi connectivity index (χ3v) is 12.3. The van der Waals surface area contributed by atoms with Gasteiger partial charge in [-0.25, -0.2) is 0 Å². The van der Waals surface area contributed by atoms with Crippen LogP contribution in [0.3, 0.4) is 0 Å². The average molecular weight is 547 g/mol. The van der Waals surface area contributed by atoms with Crippen molar-refractivity contribution in [3.05, 3.63) is 29.2 Å². The first kappa shape index (κ1) is 27.8. The van der Waals surface area contributed by atoms with Crippen molar-refractivity contribution in [3.8, 4) is 0 Å². The molecule has 5 fully saturated rings. The first-order valence-electron chi connectivity index (χ1n) is 15.0. The predicted molar refractivity (Wildman–Crippen MR) is 141 cm³/mol. The number of rotatable bonds is 4. The predicted octanol–water partition coefficient (Wildman–Crippen LogP) is 2.82. The van der Waals surface area contributed by atoms with Crippen molar-refractivity contribution in [2.45, 2.75) is 127 Å². The number of ether oxygens (including phenoxy) is 3. The maximum absolute atomic E-state index is 12.5. The van der Waals surface area contributed by atoms with Gasteiger partial charge in [0.05, 0.1) is 24.0 Å². The van der Waals surface area contributed by atoms with Crippen LogP contribution in [-0.4, -0.2) is 69.9 Å². The fraction of sp³-hybridized carbons (Fsp3) is 0.867. The molecule has 0 bridgehead atoms. The minimum atomic E-state index is -1.04. The van der Waals surface area contributed by atoms with E-state index in [4.69, 9.17) is 14.2 Å². The molecule has 4 aliphatic carbocycles. The lowest BCUT2D eigenvalue weighted by Gasteiger charge is -2.63. The van der Waals surface area contributed by atoms with Crippen LogP contribution in [-0.2, 0) is 14.2 Å². The molecular formula is C30H46N2O7. The largest absolute Gasteiger partial charge is 0.594 e. The second-order valence-corrected chi connectivity index (χ2v) is 13.8. The summed E-state index contributed by atoms with van der Waals surface area (Å²) in [7, 11) is 1.49. The van der Waals surface area contributed by atoms with Crippen molar-refractivity contribution < 1.29 is 34.4 Å². The van der Waals surface area contributed by atoms with Crippen molar-refractivity contribution >= 4 is 0 Å². The van der Waals surface area contributed by atoms with Crippen molar-refractivity contribution in [2.24, 2.45) is 28.6 Å². The van der Waals surface area contributed by atoms with Gasteiger partial charge < -0.3 is 34.7 Å². The molecule has 0 amide bonds. The van der Waals surface area contributed by atoms with E-state index < -0.39 is 36.3 Å². The zero-order chi connectivity index (χ0) is 27.7. The number of nitrogens with zero attached hydrogens (tertiary/aromatic N) is 2. The second kappa shape index (κ2) is 9.88. The topological polar surface area (TPSA) is 128 Å². The molecule has 5 aliphatic rings. The van der Waals surface area contributed by atoms with Gasteiger partial charge in [0, 0.05) is 23.2 Å². The molecule has 0 radical (unpaired) electrons. The van der Waals surface area contributed by atoms with Crippen molar-refractivity contribution in [3.63, 3.8) is 0 Å². The molecule has 218 valence electrons. The Hall–Kier alpha value is -1.36. The molecule has 1 aliphatic heterocycles. The maximum Gasteiger partial charge on any atom is 0.213 e. The summed E-state index contributed by atoms with van der Waals surface area (Å²) in [6, 6.07) is 1.95. The SMILES string of the molecule is CO[C@H]1[C@H](O)[C@H](O[C@@H]2CC[C@@]3(C)[C@H](CC[C@@H]4[C@@H]3CC[C@]3(C)[C@@H](c5ccn[n+]([O-])c5)CC[C@]43O)C2)O[C@@H](C)[C@@H]1O. The van der Waals surface area contributed by atoms with Crippen LogP contribution < -0.4 is 4.85 Å². The third-order valence-electron chi connectivity index (χ3n) is 12.3. The molecular weight excluding hydrogens is 500 g/mol. The highest BCUT2D eigenvalue weighted by molar-refractivity contribution is 5.26. The zero-order valence-corrected chi connectivity index (χ0v) is 23.7. The van der Waals surface area contributed by atoms with E-state index in [1.807, 2.05) is 6.07 Å². The van der Waals surface area contributed by atoms with E-state index >= 15 is 0 Å². The lowest BCUT2D eigenvalue weighted by molar-refractivity contribution is -0.669. The van der Waals surface area contributed by atoms with Crippen LogP contribution in [0.4, 0.5) is 0 Å². The van der Waals surface area contributed by atoms with Gasteiger partial charge in [-0.3, -0.25) is 0 Å². The molecule has 39 heavy (non-hydrogen) atoms. The van der Waals surface area contributed by atoms with Crippen LogP contribution >= 0.6 is 0 Å². The lowest BCUT2D eigenvalue weighted by atomic mass is 9.43. The molecule has 1 aromatic heterocycles. The van der Waals surface area contributed by atoms with Gasteiger partial charge in [-0.1, -0.05) is 18.7 Å². The molecule has 4 saturated carbocycles. The van der Waals surface area contributed by atoms with Crippen LogP contribution in [0.2, 0.25) is 0 Å². The quantitative estimate of drug-likeness (QED) is 0.299. The number of hydrogen-bond donors (Lipinski definition) is 3. The summed E-state index contributed by atoms with van der Waals surface area (Å²) in [5.41, 5.74) is 0.154. The molecule has 0 aromatic carbocycles. The number of aromatic nitrogens is 2. The standard InChI is InChI=1S/C30H46N2O7/c1-17-24(33)26(37-4)25(34)27(38-17)39-20-7-11-28(2)19(15-20)5-6-23-22(28)8-12-29(3)21(9-13-30(23,29)35)18-10-14-31-32(36)16-18/h10,14,16-17,19-27,33-35H,5-9,11-13,15H2,1-4H3/t17-,19+,20+,21+,22-,23+,24-,25-,26+,27-,28-,29+,30-/m0/s1. The van der Waals surface area contributed by atoms with Gasteiger partial charge >= 0.3 is 0 Å². The van der Waals surface area contributed by atoms with Crippen LogP contribution in [0.15, 0.2) is 18.5 Å². The van der Waals surface area contributed by atoms with E-state index in [-0.39, 0.29) is 28.8 Å². The summed E-state index contributed by atoms with van der Waals surface area (Å²) in [6.07, 6.45) is 7.81. The minimum Gasteiger partial charge on any atom is -0.594 e. The Morgan fingerprint density at radius 1 is 1.05 bits per heavy atom. The molecule has 13 atom stereocenters. The van der Waals surface area contributed by atoms with E-state index in [2.05, 4.69) is 18.9 Å². The van der Waals surface area contributed by atoms with Crippen molar-refractivity contribution in [1.82, 2.24) is 5.10 Å². The van der Waals surface area contributed by atoms with Crippen molar-refractivity contribution in [1.29, 1.82) is 0 Å². The Labute approximate surface area is 231 Å². The van der Waals surface area contributed by atoms with Gasteiger partial charge in [-0.2, -0.15) is 0 Å². The van der Waals surface area contributed by atoms with Gasteiger partial charge in [0.1, 0.15) is 18.3 Å². The Kier molecular flexibility index (Phi) is 7.04. The fourth-order valence-electron chi connectivity index (χ4n) is 10.0. The molecule has 9 heteroatoms. The summed E-state index contributed by atoms with van der Waals surface area (Å²) in [4.78, 5) is 0.643. The van der Waals surface area contributed by atoms with E-state index in [0.717, 1.165) is 63.4 Å². The second-order valence-electron chi connectivity index (χ2n) is 13.8. The Bertz CT molecular complexity index is 1060. The number of hydrogen-bond acceptors (Lipinski definition) is 8. The summed E-state index contributed by atoms with van der Waals surface area (Å²) in [6.45, 7) is 6.48. The summed E-state index contributed by atoms with van der Waals surface area (Å²) < 4.78 is 17.6. The summed E-state index contributed by atoms with van der Waals surface area (Å²) in [5.74, 6) is 1.37. The van der Waals surface area contributed by atoms with Crippen LogP contribution in [0, 0.1) is 33.8 Å². The summed E-state index contributed by atoms with van der Waals surface area (Å²) >= 11 is 0. The first-order valence-corrected chi connectivity index (χ1v) is 15.0. The number of aliphatic hydroxyl groups is 3.